The van der Waals surface area contributed by atoms with E-state index in [1.54, 1.807) is 0 Å². The van der Waals surface area contributed by atoms with Crippen LogP contribution in [0.2, 0.25) is 0 Å². The van der Waals surface area contributed by atoms with Gasteiger partial charge in [-0.2, -0.15) is 13.2 Å². The van der Waals surface area contributed by atoms with Gasteiger partial charge in [0, 0.05) is 11.7 Å². The number of amides is 1. The van der Waals surface area contributed by atoms with E-state index in [9.17, 15) is 18.0 Å². The van der Waals surface area contributed by atoms with Crippen molar-refractivity contribution in [2.24, 2.45) is 0 Å². The van der Waals surface area contributed by atoms with Crippen LogP contribution in [0.4, 0.5) is 18.9 Å². The maximum absolute atomic E-state index is 12.3. The number of alkyl halides is 3. The predicted octanol–water partition coefficient (Wildman–Crippen LogP) is 2.05. The first-order valence-electron chi connectivity index (χ1n) is 5.61. The third-order valence-corrected chi connectivity index (χ3v) is 2.55. The van der Waals surface area contributed by atoms with E-state index in [0.29, 0.717) is 12.1 Å². The standard InChI is InChI=1S/C12H15F3N2O/c1-2-9(7-11(16)18)17-10-5-3-8(4-6-10)12(13,14)15/h3-6,9,17H,2,7H2,1H3,(H2,16,18)/p+1. The van der Waals surface area contributed by atoms with E-state index in [1.807, 2.05) is 6.92 Å². The van der Waals surface area contributed by atoms with Crippen molar-refractivity contribution >= 4 is 11.6 Å². The van der Waals surface area contributed by atoms with E-state index in [1.165, 1.54) is 12.1 Å². The van der Waals surface area contributed by atoms with E-state index in [-0.39, 0.29) is 18.4 Å². The molecule has 0 saturated carbocycles. The molecule has 1 aromatic rings. The van der Waals surface area contributed by atoms with Gasteiger partial charge in [0.25, 0.3) is 0 Å². The Morgan fingerprint density at radius 3 is 2.28 bits per heavy atom. The van der Waals surface area contributed by atoms with Crippen LogP contribution in [0.25, 0.3) is 0 Å². The Kier molecular flexibility index (Phi) is 4.72. The fraction of sp³-hybridized carbons (Fsp3) is 0.417. The van der Waals surface area contributed by atoms with Crippen LogP contribution < -0.4 is 11.1 Å². The molecule has 1 amide bonds. The van der Waals surface area contributed by atoms with Crippen molar-refractivity contribution in [3.05, 3.63) is 29.8 Å². The number of rotatable bonds is 5. The second-order valence-electron chi connectivity index (χ2n) is 4.07. The molecule has 18 heavy (non-hydrogen) atoms. The Labute approximate surface area is 103 Å². The average molecular weight is 261 g/mol. The number of hydrogen-bond donors (Lipinski definition) is 2. The molecule has 0 spiro atoms. The number of carbonyl (C=O) groups is 1. The van der Waals surface area contributed by atoms with Crippen LogP contribution >= 0.6 is 0 Å². The molecule has 6 heteroatoms. The summed E-state index contributed by atoms with van der Waals surface area (Å²) in [6.45, 7) is 1.89. The van der Waals surface area contributed by atoms with Crippen LogP contribution in [0.15, 0.2) is 24.3 Å². The van der Waals surface area contributed by atoms with Gasteiger partial charge in [0.1, 0.15) is 0 Å². The maximum Gasteiger partial charge on any atom is 0.416 e. The van der Waals surface area contributed by atoms with E-state index in [0.717, 1.165) is 12.1 Å². The molecule has 1 aromatic carbocycles. The summed E-state index contributed by atoms with van der Waals surface area (Å²) >= 11 is 0. The van der Waals surface area contributed by atoms with Gasteiger partial charge < -0.3 is 5.32 Å². The highest BCUT2D eigenvalue weighted by atomic mass is 19.4. The molecule has 0 heterocycles. The maximum atomic E-state index is 12.3. The molecular formula is C12H16F3N2O+. The second-order valence-corrected chi connectivity index (χ2v) is 4.07. The SMILES string of the molecule is CCC(CC([NH3+])=O)Nc1ccc(C(F)(F)F)cc1. The largest absolute Gasteiger partial charge is 0.416 e. The number of benzene rings is 1. The fourth-order valence-electron chi connectivity index (χ4n) is 1.56. The Balaban J connectivity index is 2.71. The summed E-state index contributed by atoms with van der Waals surface area (Å²) < 4.78 is 37.0. The highest BCUT2D eigenvalue weighted by Crippen LogP contribution is 2.29. The summed E-state index contributed by atoms with van der Waals surface area (Å²) in [5.41, 5.74) is 3.17. The quantitative estimate of drug-likeness (QED) is 0.852. The zero-order valence-corrected chi connectivity index (χ0v) is 10.1. The van der Waals surface area contributed by atoms with Gasteiger partial charge in [-0.05, 0) is 30.7 Å². The minimum atomic E-state index is -4.33. The molecule has 0 aliphatic heterocycles. The zero-order valence-electron chi connectivity index (χ0n) is 10.1. The molecule has 100 valence electrons. The predicted molar refractivity (Wildman–Crippen MR) is 61.7 cm³/mol. The molecule has 0 bridgehead atoms. The molecule has 3 nitrogen and oxygen atoms in total. The monoisotopic (exact) mass is 261 g/mol. The van der Waals surface area contributed by atoms with Crippen molar-refractivity contribution < 1.29 is 23.7 Å². The normalized spacial score (nSPS) is 13.2. The van der Waals surface area contributed by atoms with Crippen molar-refractivity contribution in [1.29, 1.82) is 0 Å². The first kappa shape index (κ1) is 14.5. The number of nitrogens with one attached hydrogen (secondary N) is 1. The molecule has 0 aliphatic rings. The van der Waals surface area contributed by atoms with Gasteiger partial charge in [-0.3, -0.25) is 5.73 Å². The zero-order chi connectivity index (χ0) is 13.8. The van der Waals surface area contributed by atoms with E-state index in [2.05, 4.69) is 11.1 Å². The van der Waals surface area contributed by atoms with Crippen LogP contribution in [0.5, 0.6) is 0 Å². The highest BCUT2D eigenvalue weighted by Gasteiger charge is 2.30. The Morgan fingerprint density at radius 2 is 1.89 bits per heavy atom. The minimum Gasteiger partial charge on any atom is -0.382 e. The van der Waals surface area contributed by atoms with Crippen LogP contribution in [-0.2, 0) is 11.0 Å². The second kappa shape index (κ2) is 5.86. The van der Waals surface area contributed by atoms with Crippen LogP contribution in [0, 0.1) is 0 Å². The molecule has 1 unspecified atom stereocenters. The molecule has 0 aliphatic carbocycles. The lowest BCUT2D eigenvalue weighted by Crippen LogP contribution is -2.58. The number of halogens is 3. The van der Waals surface area contributed by atoms with E-state index < -0.39 is 11.7 Å². The molecule has 1 atom stereocenters. The molecule has 0 saturated heterocycles. The van der Waals surface area contributed by atoms with Gasteiger partial charge in [0.2, 0.25) is 0 Å². The summed E-state index contributed by atoms with van der Waals surface area (Å²) in [6, 6.07) is 4.65. The third-order valence-electron chi connectivity index (χ3n) is 2.55. The molecule has 0 radical (unpaired) electrons. The Morgan fingerprint density at radius 1 is 1.33 bits per heavy atom. The van der Waals surface area contributed by atoms with Crippen LogP contribution in [-0.4, -0.2) is 11.9 Å². The Bertz CT molecular complexity index is 401. The van der Waals surface area contributed by atoms with E-state index >= 15 is 0 Å². The smallest absolute Gasteiger partial charge is 0.382 e. The van der Waals surface area contributed by atoms with Crippen LogP contribution in [0.1, 0.15) is 25.3 Å². The summed E-state index contributed by atoms with van der Waals surface area (Å²) in [7, 11) is 0. The van der Waals surface area contributed by atoms with Gasteiger partial charge in [-0.1, -0.05) is 6.92 Å². The van der Waals surface area contributed by atoms with Gasteiger partial charge in [-0.15, -0.1) is 0 Å². The number of carbonyl (C=O) groups excluding carboxylic acids is 1. The first-order valence-corrected chi connectivity index (χ1v) is 5.61. The lowest BCUT2D eigenvalue weighted by Gasteiger charge is -2.16. The number of anilines is 1. The molecule has 4 N–H and O–H groups in total. The average Bonchev–Trinajstić information content (AvgIpc) is 2.27. The van der Waals surface area contributed by atoms with E-state index in [4.69, 9.17) is 0 Å². The Hall–Kier alpha value is -1.56. The lowest BCUT2D eigenvalue weighted by molar-refractivity contribution is -0.305. The number of quaternary nitrogens is 1. The van der Waals surface area contributed by atoms with Gasteiger partial charge in [-0.25, -0.2) is 4.79 Å². The topological polar surface area (TPSA) is 56.7 Å². The summed E-state index contributed by atoms with van der Waals surface area (Å²) in [5, 5.41) is 3.01. The molecule has 1 rings (SSSR count). The summed E-state index contributed by atoms with van der Waals surface area (Å²) in [4.78, 5) is 10.9. The van der Waals surface area contributed by atoms with Crippen molar-refractivity contribution in [2.45, 2.75) is 32.0 Å². The van der Waals surface area contributed by atoms with Crippen molar-refractivity contribution in [3.8, 4) is 0 Å². The summed E-state index contributed by atoms with van der Waals surface area (Å²) in [5.74, 6) is -0.193. The van der Waals surface area contributed by atoms with Gasteiger partial charge in [0.15, 0.2) is 0 Å². The fourth-order valence-corrected chi connectivity index (χ4v) is 1.56. The van der Waals surface area contributed by atoms with Crippen molar-refractivity contribution in [2.75, 3.05) is 5.32 Å². The highest BCUT2D eigenvalue weighted by molar-refractivity contribution is 5.66. The summed E-state index contributed by atoms with van der Waals surface area (Å²) in [6.07, 6.45) is -3.37. The van der Waals surface area contributed by atoms with Crippen molar-refractivity contribution in [1.82, 2.24) is 0 Å². The number of hydrogen-bond acceptors (Lipinski definition) is 2. The third kappa shape index (κ3) is 4.37. The van der Waals surface area contributed by atoms with Gasteiger partial charge >= 0.3 is 12.1 Å². The van der Waals surface area contributed by atoms with Crippen molar-refractivity contribution in [3.63, 3.8) is 0 Å². The molecule has 0 aromatic heterocycles. The minimum absolute atomic E-state index is 0.105. The molecular weight excluding hydrogens is 245 g/mol. The van der Waals surface area contributed by atoms with Crippen LogP contribution in [0.3, 0.4) is 0 Å². The first-order chi connectivity index (χ1) is 8.32. The molecule has 0 fully saturated rings. The van der Waals surface area contributed by atoms with Gasteiger partial charge in [0.05, 0.1) is 12.0 Å². The lowest BCUT2D eigenvalue weighted by atomic mass is 10.1.